The molecule has 1 aromatic carbocycles. The van der Waals surface area contributed by atoms with Crippen molar-refractivity contribution in [2.45, 2.75) is 19.3 Å². The normalized spacial score (nSPS) is 13.2. The highest BCUT2D eigenvalue weighted by Crippen LogP contribution is 2.12. The van der Waals surface area contributed by atoms with Gasteiger partial charge in [0.15, 0.2) is 5.82 Å². The van der Waals surface area contributed by atoms with E-state index >= 15 is 0 Å². The molecule has 0 bridgehead atoms. The molecule has 0 aliphatic carbocycles. The average Bonchev–Trinajstić information content (AvgIpc) is 2.64. The van der Waals surface area contributed by atoms with E-state index in [1.54, 1.807) is 6.07 Å². The third kappa shape index (κ3) is 4.72. The molecule has 0 unspecified atom stereocenters. The number of halogens is 2. The summed E-state index contributed by atoms with van der Waals surface area (Å²) in [4.78, 5) is 4.16. The Hall–Kier alpha value is -2.09. The second kappa shape index (κ2) is 8.84. The van der Waals surface area contributed by atoms with Gasteiger partial charge in [0.2, 0.25) is 0 Å². The Labute approximate surface area is 155 Å². The quantitative estimate of drug-likeness (QED) is 0.223. The van der Waals surface area contributed by atoms with Gasteiger partial charge in [-0.1, -0.05) is 44.1 Å². The number of rotatable bonds is 7. The van der Waals surface area contributed by atoms with Crippen LogP contribution in [0.3, 0.4) is 0 Å². The molecule has 4 nitrogen and oxygen atoms in total. The molecule has 25 heavy (non-hydrogen) atoms. The summed E-state index contributed by atoms with van der Waals surface area (Å²) in [6.07, 6.45) is 5.93. The lowest BCUT2D eigenvalue weighted by molar-refractivity contribution is 0.321. The van der Waals surface area contributed by atoms with Crippen LogP contribution in [0.5, 0.6) is 0 Å². The minimum atomic E-state index is -0.481. The molecule has 1 aliphatic rings. The second-order valence-corrected chi connectivity index (χ2v) is 8.10. The Morgan fingerprint density at radius 2 is 2.08 bits per heavy atom. The van der Waals surface area contributed by atoms with Crippen LogP contribution in [0.25, 0.3) is 5.70 Å². The Balaban J connectivity index is 1.53. The highest BCUT2D eigenvalue weighted by molar-refractivity contribution is 14.2. The zero-order valence-electron chi connectivity index (χ0n) is 13.6. The Morgan fingerprint density at radius 1 is 1.20 bits per heavy atom. The van der Waals surface area contributed by atoms with E-state index in [2.05, 4.69) is 49.9 Å². The molecule has 2 N–H and O–H groups in total. The summed E-state index contributed by atoms with van der Waals surface area (Å²) in [5.74, 6) is -0.481. The van der Waals surface area contributed by atoms with E-state index < -0.39 is 5.82 Å². The van der Waals surface area contributed by atoms with Crippen LogP contribution in [-0.2, 0) is 6.42 Å². The molecule has 2 aromatic rings. The fraction of sp³-hybridized carbons (Fsp3) is 0.211. The zero-order chi connectivity index (χ0) is 17.5. The standard InChI is InChI=1S/C19H19FIN3O/c20-16-9-8-14(24-19(16)13-23-25)5-3-4-12-22-18-10-11-21-17-7-2-1-6-15(17)18/h1-2,6-11,13,22,25H,3-5,12H2/b23-13+. The van der Waals surface area contributed by atoms with Crippen LogP contribution in [0.4, 0.5) is 4.39 Å². The van der Waals surface area contributed by atoms with Crippen LogP contribution < -0.4 is 10.5 Å². The number of hydrogen-bond acceptors (Lipinski definition) is 4. The van der Waals surface area contributed by atoms with E-state index in [9.17, 15) is 4.39 Å². The highest BCUT2D eigenvalue weighted by Gasteiger charge is 2.04. The molecule has 0 amide bonds. The van der Waals surface area contributed by atoms with Crippen LogP contribution in [-0.4, -0.2) is 23.0 Å². The first-order valence-corrected chi connectivity index (χ1v) is 10.4. The van der Waals surface area contributed by atoms with E-state index in [1.807, 2.05) is 0 Å². The molecule has 0 saturated carbocycles. The van der Waals surface area contributed by atoms with Crippen molar-refractivity contribution in [3.05, 3.63) is 72.1 Å². The average molecular weight is 451 g/mol. The van der Waals surface area contributed by atoms with Gasteiger partial charge in [0.1, 0.15) is 5.69 Å². The van der Waals surface area contributed by atoms with Crippen molar-refractivity contribution >= 4 is 32.6 Å². The van der Waals surface area contributed by atoms with Crippen molar-refractivity contribution in [1.29, 1.82) is 0 Å². The monoisotopic (exact) mass is 451 g/mol. The highest BCUT2D eigenvalue weighted by atomic mass is 127. The molecule has 1 aliphatic heterocycles. The van der Waals surface area contributed by atoms with E-state index in [1.165, 1.54) is 20.1 Å². The van der Waals surface area contributed by atoms with Gasteiger partial charge in [0.25, 0.3) is 0 Å². The zero-order valence-corrected chi connectivity index (χ0v) is 15.8. The largest absolute Gasteiger partial charge is 0.411 e. The fourth-order valence-electron chi connectivity index (χ4n) is 2.62. The molecular weight excluding hydrogens is 432 g/mol. The van der Waals surface area contributed by atoms with Crippen LogP contribution in [0.2, 0.25) is 0 Å². The maximum atomic E-state index is 13.4. The molecular formula is C19H19FIN3O. The van der Waals surface area contributed by atoms with Gasteiger partial charge in [-0.15, -0.1) is 0 Å². The van der Waals surface area contributed by atoms with E-state index in [-0.39, 0.29) is 26.4 Å². The van der Waals surface area contributed by atoms with Crippen molar-refractivity contribution in [3.63, 3.8) is 0 Å². The molecule has 0 saturated heterocycles. The van der Waals surface area contributed by atoms with Gasteiger partial charge in [-0.05, 0) is 47.6 Å². The lowest BCUT2D eigenvalue weighted by Crippen LogP contribution is -2.21. The maximum absolute atomic E-state index is 13.4. The topological polar surface area (TPSA) is 57.5 Å². The third-order valence-corrected chi connectivity index (χ3v) is 6.19. The molecule has 3 rings (SSSR count). The second-order valence-electron chi connectivity index (χ2n) is 5.59. The van der Waals surface area contributed by atoms with Crippen LogP contribution in [0.1, 0.15) is 24.2 Å². The summed E-state index contributed by atoms with van der Waals surface area (Å²) in [7, 11) is 0. The molecule has 0 radical (unpaired) electrons. The number of hydrogen-bond donors (Lipinski definition) is 2. The van der Waals surface area contributed by atoms with Crippen molar-refractivity contribution in [3.8, 4) is 0 Å². The minimum Gasteiger partial charge on any atom is -0.411 e. The molecule has 2 heterocycles. The van der Waals surface area contributed by atoms with Gasteiger partial charge in [0, 0.05) is 26.3 Å². The minimum absolute atomic E-state index is 0.00411. The molecule has 0 fully saturated rings. The van der Waals surface area contributed by atoms with Crippen LogP contribution in [0, 0.1) is 8.97 Å². The van der Waals surface area contributed by atoms with Crippen molar-refractivity contribution in [2.75, 3.05) is 6.54 Å². The number of pyridine rings is 1. The SMILES string of the molecule is O/N=C/c1nc(CCCCNC2=c3ccccc3=IC=C2)ccc1F. The predicted octanol–water partition coefficient (Wildman–Crippen LogP) is 3.50. The van der Waals surface area contributed by atoms with Crippen molar-refractivity contribution in [2.24, 2.45) is 5.16 Å². The summed E-state index contributed by atoms with van der Waals surface area (Å²) in [5, 5.41) is 16.2. The van der Waals surface area contributed by atoms with Gasteiger partial charge in [0.05, 0.1) is 6.21 Å². The number of oxime groups is 1. The lowest BCUT2D eigenvalue weighted by atomic mass is 10.1. The van der Waals surface area contributed by atoms with E-state index in [4.69, 9.17) is 5.21 Å². The molecule has 0 atom stereocenters. The summed E-state index contributed by atoms with van der Waals surface area (Å²) in [6, 6.07) is 11.6. The first-order chi connectivity index (χ1) is 12.3. The lowest BCUT2D eigenvalue weighted by Gasteiger charge is -2.09. The summed E-state index contributed by atoms with van der Waals surface area (Å²) in [6.45, 7) is 0.887. The Morgan fingerprint density at radius 3 is 2.96 bits per heavy atom. The molecule has 130 valence electrons. The molecule has 0 spiro atoms. The van der Waals surface area contributed by atoms with Crippen molar-refractivity contribution in [1.82, 2.24) is 10.3 Å². The first kappa shape index (κ1) is 17.7. The van der Waals surface area contributed by atoms with E-state index in [0.717, 1.165) is 37.7 Å². The van der Waals surface area contributed by atoms with Crippen molar-refractivity contribution < 1.29 is 9.60 Å². The summed E-state index contributed by atoms with van der Waals surface area (Å²) in [5.41, 5.74) is 2.07. The number of nitrogens with one attached hydrogen (secondary N) is 1. The Bertz CT molecular complexity index is 925. The summed E-state index contributed by atoms with van der Waals surface area (Å²) < 4.78 is 17.2. The Kier molecular flexibility index (Phi) is 6.27. The van der Waals surface area contributed by atoms with Gasteiger partial charge >= 0.3 is 0 Å². The smallest absolute Gasteiger partial charge is 0.150 e. The van der Waals surface area contributed by atoms with Gasteiger partial charge in [-0.25, -0.2) is 9.37 Å². The van der Waals surface area contributed by atoms with Gasteiger partial charge in [-0.3, -0.25) is 0 Å². The number of benzene rings is 1. The predicted molar refractivity (Wildman–Crippen MR) is 106 cm³/mol. The fourth-order valence-corrected chi connectivity index (χ4v) is 4.77. The van der Waals surface area contributed by atoms with Crippen LogP contribution in [0.15, 0.2) is 51.7 Å². The van der Waals surface area contributed by atoms with Crippen LogP contribution >= 0.6 is 20.7 Å². The molecule has 1 aromatic heterocycles. The van der Waals surface area contributed by atoms with Gasteiger partial charge in [-0.2, -0.15) is 0 Å². The third-order valence-electron chi connectivity index (χ3n) is 3.86. The van der Waals surface area contributed by atoms with Gasteiger partial charge < -0.3 is 10.5 Å². The number of aromatic nitrogens is 1. The van der Waals surface area contributed by atoms with E-state index in [0.29, 0.717) is 0 Å². The number of aryl methyl sites for hydroxylation is 1. The first-order valence-electron chi connectivity index (χ1n) is 8.11. The summed E-state index contributed by atoms with van der Waals surface area (Å²) >= 11 is -0.00411. The maximum Gasteiger partial charge on any atom is 0.150 e. The number of unbranched alkanes of at least 4 members (excludes halogenated alkanes) is 1. The number of fused-ring (bicyclic) bond motifs is 1. The number of nitrogens with zero attached hydrogens (tertiary/aromatic N) is 2. The molecule has 6 heteroatoms.